The van der Waals surface area contributed by atoms with Crippen LogP contribution in [0, 0.1) is 11.3 Å². The van der Waals surface area contributed by atoms with Crippen LogP contribution in [0.5, 0.6) is 0 Å². The Balaban J connectivity index is 2.07. The molecule has 0 amide bonds. The van der Waals surface area contributed by atoms with Gasteiger partial charge in [-0.3, -0.25) is 4.79 Å². The number of hydrogen-bond donors (Lipinski definition) is 1. The lowest BCUT2D eigenvalue weighted by Gasteiger charge is -2.42. The molecule has 1 aromatic rings. The van der Waals surface area contributed by atoms with E-state index in [-0.39, 0.29) is 11.9 Å². The first-order valence-corrected chi connectivity index (χ1v) is 6.86. The summed E-state index contributed by atoms with van der Waals surface area (Å²) in [5.74, 6) is -0.422. The highest BCUT2D eigenvalue weighted by Gasteiger charge is 2.43. The number of carbonyl (C=O) groups is 1. The summed E-state index contributed by atoms with van der Waals surface area (Å²) < 4.78 is 5.79. The summed E-state index contributed by atoms with van der Waals surface area (Å²) in [7, 11) is 0. The zero-order valence-electron chi connectivity index (χ0n) is 11.6. The molecule has 0 bridgehead atoms. The summed E-state index contributed by atoms with van der Waals surface area (Å²) >= 11 is 0. The van der Waals surface area contributed by atoms with Crippen LogP contribution in [-0.2, 0) is 15.1 Å². The molecule has 0 spiro atoms. The number of benzene rings is 1. The highest BCUT2D eigenvalue weighted by molar-refractivity contribution is 5.84. The van der Waals surface area contributed by atoms with Gasteiger partial charge in [0.2, 0.25) is 0 Å². The van der Waals surface area contributed by atoms with Crippen molar-refractivity contribution in [2.45, 2.75) is 45.1 Å². The molecule has 1 atom stereocenters. The Morgan fingerprint density at radius 3 is 2.47 bits per heavy atom. The molecular weight excluding hydrogens is 238 g/mol. The van der Waals surface area contributed by atoms with Gasteiger partial charge in [0.1, 0.15) is 5.60 Å². The number of hydrogen-bond acceptors (Lipinski definition) is 3. The predicted octanol–water partition coefficient (Wildman–Crippen LogP) is 3.67. The van der Waals surface area contributed by atoms with Gasteiger partial charge in [0, 0.05) is 5.71 Å². The normalized spacial score (nSPS) is 18.2. The standard InChI is InChI=1S/C16H21NO2/c1-12(11-13(2)17)15(18)19-16(9-6-10-16)14-7-4-3-5-8-14/h3-5,7-8,12,17H,6,9-11H2,1-2H3. The van der Waals surface area contributed by atoms with Gasteiger partial charge in [-0.25, -0.2) is 0 Å². The van der Waals surface area contributed by atoms with Gasteiger partial charge in [-0.05, 0) is 38.2 Å². The highest BCUT2D eigenvalue weighted by Crippen LogP contribution is 2.45. The molecule has 0 radical (unpaired) electrons. The van der Waals surface area contributed by atoms with Crippen molar-refractivity contribution in [3.05, 3.63) is 35.9 Å². The van der Waals surface area contributed by atoms with Crippen LogP contribution in [0.1, 0.15) is 45.1 Å². The third-order valence-corrected chi connectivity index (χ3v) is 3.77. The molecule has 1 saturated carbocycles. The van der Waals surface area contributed by atoms with Crippen LogP contribution < -0.4 is 0 Å². The van der Waals surface area contributed by atoms with Crippen molar-refractivity contribution < 1.29 is 9.53 Å². The molecule has 102 valence electrons. The minimum Gasteiger partial charge on any atom is -0.454 e. The Morgan fingerprint density at radius 2 is 2.00 bits per heavy atom. The monoisotopic (exact) mass is 259 g/mol. The minimum atomic E-state index is -0.414. The van der Waals surface area contributed by atoms with Gasteiger partial charge < -0.3 is 10.1 Å². The van der Waals surface area contributed by atoms with E-state index in [1.807, 2.05) is 37.3 Å². The summed E-state index contributed by atoms with van der Waals surface area (Å²) in [5, 5.41) is 7.46. The van der Waals surface area contributed by atoms with Gasteiger partial charge in [-0.15, -0.1) is 0 Å². The van der Waals surface area contributed by atoms with Crippen molar-refractivity contribution in [2.75, 3.05) is 0 Å². The first-order valence-electron chi connectivity index (χ1n) is 6.86. The van der Waals surface area contributed by atoms with Crippen molar-refractivity contribution in [1.82, 2.24) is 0 Å². The molecule has 3 nitrogen and oxygen atoms in total. The van der Waals surface area contributed by atoms with Crippen molar-refractivity contribution in [3.8, 4) is 0 Å². The smallest absolute Gasteiger partial charge is 0.309 e. The van der Waals surface area contributed by atoms with Crippen molar-refractivity contribution >= 4 is 11.7 Å². The summed E-state index contributed by atoms with van der Waals surface area (Å²) in [6, 6.07) is 9.99. The number of rotatable bonds is 5. The Morgan fingerprint density at radius 1 is 1.37 bits per heavy atom. The maximum atomic E-state index is 12.1. The maximum absolute atomic E-state index is 12.1. The third kappa shape index (κ3) is 3.03. The van der Waals surface area contributed by atoms with Crippen molar-refractivity contribution in [2.24, 2.45) is 5.92 Å². The lowest BCUT2D eigenvalue weighted by atomic mass is 9.74. The second-order valence-electron chi connectivity index (χ2n) is 5.52. The maximum Gasteiger partial charge on any atom is 0.309 e. The molecule has 1 aliphatic carbocycles. The van der Waals surface area contributed by atoms with E-state index >= 15 is 0 Å². The topological polar surface area (TPSA) is 50.2 Å². The largest absolute Gasteiger partial charge is 0.454 e. The van der Waals surface area contributed by atoms with E-state index in [0.717, 1.165) is 24.8 Å². The molecule has 0 aromatic heterocycles. The summed E-state index contributed by atoms with van der Waals surface area (Å²) in [6.07, 6.45) is 3.38. The SMILES string of the molecule is CC(=N)CC(C)C(=O)OC1(c2ccccc2)CCC1. The molecule has 1 aliphatic rings. The zero-order valence-corrected chi connectivity index (χ0v) is 11.6. The van der Waals surface area contributed by atoms with E-state index in [1.165, 1.54) is 0 Å². The summed E-state index contributed by atoms with van der Waals surface area (Å²) in [4.78, 5) is 12.1. The van der Waals surface area contributed by atoms with E-state index < -0.39 is 5.60 Å². The number of esters is 1. The summed E-state index contributed by atoms with van der Waals surface area (Å²) in [5.41, 5.74) is 1.20. The average Bonchev–Trinajstić information content (AvgIpc) is 2.33. The van der Waals surface area contributed by atoms with Gasteiger partial charge in [0.05, 0.1) is 5.92 Å². The zero-order chi connectivity index (χ0) is 13.9. The molecule has 1 fully saturated rings. The Labute approximate surface area is 114 Å². The quantitative estimate of drug-likeness (QED) is 0.648. The van der Waals surface area contributed by atoms with Crippen LogP contribution >= 0.6 is 0 Å². The lowest BCUT2D eigenvalue weighted by molar-refractivity contribution is -0.176. The fraction of sp³-hybridized carbons (Fsp3) is 0.500. The van der Waals surface area contributed by atoms with E-state index in [2.05, 4.69) is 0 Å². The molecule has 1 unspecified atom stereocenters. The van der Waals surface area contributed by atoms with Crippen molar-refractivity contribution in [1.29, 1.82) is 5.41 Å². The van der Waals surface area contributed by atoms with Crippen LogP contribution in [0.15, 0.2) is 30.3 Å². The van der Waals surface area contributed by atoms with Gasteiger partial charge in [-0.1, -0.05) is 37.3 Å². The fourth-order valence-electron chi connectivity index (χ4n) is 2.53. The molecule has 0 saturated heterocycles. The Hall–Kier alpha value is -1.64. The van der Waals surface area contributed by atoms with Gasteiger partial charge in [0.15, 0.2) is 0 Å². The van der Waals surface area contributed by atoms with E-state index in [9.17, 15) is 4.79 Å². The molecule has 2 rings (SSSR count). The first kappa shape index (κ1) is 13.8. The molecule has 3 heteroatoms. The first-order chi connectivity index (χ1) is 9.03. The van der Waals surface area contributed by atoms with E-state index in [1.54, 1.807) is 6.92 Å². The molecule has 0 heterocycles. The van der Waals surface area contributed by atoms with Crippen LogP contribution in [-0.4, -0.2) is 11.7 Å². The van der Waals surface area contributed by atoms with Gasteiger partial charge in [-0.2, -0.15) is 0 Å². The van der Waals surface area contributed by atoms with Crippen LogP contribution in [0.25, 0.3) is 0 Å². The summed E-state index contributed by atoms with van der Waals surface area (Å²) in [6.45, 7) is 3.55. The second-order valence-corrected chi connectivity index (χ2v) is 5.52. The van der Waals surface area contributed by atoms with Crippen LogP contribution in [0.4, 0.5) is 0 Å². The fourth-order valence-corrected chi connectivity index (χ4v) is 2.53. The molecule has 0 aliphatic heterocycles. The number of carbonyl (C=O) groups excluding carboxylic acids is 1. The molecule has 1 N–H and O–H groups in total. The van der Waals surface area contributed by atoms with Gasteiger partial charge in [0.25, 0.3) is 0 Å². The van der Waals surface area contributed by atoms with Crippen LogP contribution in [0.3, 0.4) is 0 Å². The lowest BCUT2D eigenvalue weighted by Crippen LogP contribution is -2.40. The number of nitrogens with one attached hydrogen (secondary N) is 1. The predicted molar refractivity (Wildman–Crippen MR) is 75.2 cm³/mol. The molecule has 19 heavy (non-hydrogen) atoms. The second kappa shape index (κ2) is 5.55. The van der Waals surface area contributed by atoms with Crippen LogP contribution in [0.2, 0.25) is 0 Å². The minimum absolute atomic E-state index is 0.185. The van der Waals surface area contributed by atoms with Crippen molar-refractivity contribution in [3.63, 3.8) is 0 Å². The molecular formula is C16H21NO2. The van der Waals surface area contributed by atoms with E-state index in [4.69, 9.17) is 10.1 Å². The van der Waals surface area contributed by atoms with Gasteiger partial charge >= 0.3 is 5.97 Å². The third-order valence-electron chi connectivity index (χ3n) is 3.77. The molecule has 1 aromatic carbocycles. The average molecular weight is 259 g/mol. The Bertz CT molecular complexity index is 463. The Kier molecular flexibility index (Phi) is 4.03. The number of ether oxygens (including phenoxy) is 1. The highest BCUT2D eigenvalue weighted by atomic mass is 16.6. The van der Waals surface area contributed by atoms with E-state index in [0.29, 0.717) is 12.1 Å².